The summed E-state index contributed by atoms with van der Waals surface area (Å²) in [6, 6.07) is 0. The van der Waals surface area contributed by atoms with Crippen LogP contribution >= 0.6 is 0 Å². The van der Waals surface area contributed by atoms with Crippen molar-refractivity contribution in [3.05, 3.63) is 12.2 Å². The SMILES string of the molecule is O=C1C=CC(CCCCCCCCO)O1. The Balaban J connectivity index is 1.85. The van der Waals surface area contributed by atoms with Crippen LogP contribution in [0.2, 0.25) is 0 Å². The predicted molar refractivity (Wildman–Crippen MR) is 58.4 cm³/mol. The van der Waals surface area contributed by atoms with Crippen LogP contribution in [-0.4, -0.2) is 23.8 Å². The van der Waals surface area contributed by atoms with Gasteiger partial charge >= 0.3 is 5.97 Å². The molecule has 15 heavy (non-hydrogen) atoms. The lowest BCUT2D eigenvalue weighted by Crippen LogP contribution is -2.06. The zero-order valence-electron chi connectivity index (χ0n) is 9.15. The maximum absolute atomic E-state index is 10.7. The minimum Gasteiger partial charge on any atom is -0.455 e. The first kappa shape index (κ1) is 12.2. The number of unbranched alkanes of at least 4 members (excludes halogenated alkanes) is 5. The van der Waals surface area contributed by atoms with Crippen LogP contribution in [0.25, 0.3) is 0 Å². The van der Waals surface area contributed by atoms with E-state index in [2.05, 4.69) is 0 Å². The fourth-order valence-electron chi connectivity index (χ4n) is 1.73. The fourth-order valence-corrected chi connectivity index (χ4v) is 1.73. The molecule has 0 saturated heterocycles. The highest BCUT2D eigenvalue weighted by atomic mass is 16.5. The van der Waals surface area contributed by atoms with E-state index in [1.54, 1.807) is 0 Å². The van der Waals surface area contributed by atoms with Crippen LogP contribution in [-0.2, 0) is 9.53 Å². The first-order chi connectivity index (χ1) is 7.33. The van der Waals surface area contributed by atoms with Gasteiger partial charge in [0.15, 0.2) is 0 Å². The summed E-state index contributed by atoms with van der Waals surface area (Å²) in [5, 5.41) is 8.58. The van der Waals surface area contributed by atoms with E-state index >= 15 is 0 Å². The first-order valence-electron chi connectivity index (χ1n) is 5.82. The van der Waals surface area contributed by atoms with Crippen LogP contribution in [0.3, 0.4) is 0 Å². The van der Waals surface area contributed by atoms with Gasteiger partial charge in [-0.25, -0.2) is 4.79 Å². The van der Waals surface area contributed by atoms with Gasteiger partial charge in [0.2, 0.25) is 0 Å². The molecule has 0 aliphatic carbocycles. The molecular formula is C12H20O3. The van der Waals surface area contributed by atoms with E-state index in [4.69, 9.17) is 9.84 Å². The van der Waals surface area contributed by atoms with Gasteiger partial charge in [0.25, 0.3) is 0 Å². The second-order valence-electron chi connectivity index (χ2n) is 3.97. The number of hydrogen-bond acceptors (Lipinski definition) is 3. The molecular weight excluding hydrogens is 192 g/mol. The van der Waals surface area contributed by atoms with Gasteiger partial charge in [-0.1, -0.05) is 25.7 Å². The maximum atomic E-state index is 10.7. The van der Waals surface area contributed by atoms with Crippen LogP contribution in [0.5, 0.6) is 0 Å². The monoisotopic (exact) mass is 212 g/mol. The van der Waals surface area contributed by atoms with Crippen molar-refractivity contribution in [3.8, 4) is 0 Å². The number of esters is 1. The number of aliphatic hydroxyl groups excluding tert-OH is 1. The van der Waals surface area contributed by atoms with Gasteiger partial charge in [-0.2, -0.15) is 0 Å². The standard InChI is InChI=1S/C12H20O3/c13-10-6-4-2-1-3-5-7-11-8-9-12(14)15-11/h8-9,11,13H,1-7,10H2. The van der Waals surface area contributed by atoms with Crippen LogP contribution < -0.4 is 0 Å². The summed E-state index contributed by atoms with van der Waals surface area (Å²) in [4.78, 5) is 10.7. The van der Waals surface area contributed by atoms with E-state index in [0.717, 1.165) is 25.7 Å². The quantitative estimate of drug-likeness (QED) is 0.495. The minimum atomic E-state index is -0.206. The summed E-state index contributed by atoms with van der Waals surface area (Å²) in [7, 11) is 0. The van der Waals surface area contributed by atoms with Crippen molar-refractivity contribution in [1.29, 1.82) is 0 Å². The normalized spacial score (nSPS) is 19.5. The molecule has 1 atom stereocenters. The number of cyclic esters (lactones) is 1. The number of hydrogen-bond donors (Lipinski definition) is 1. The zero-order valence-corrected chi connectivity index (χ0v) is 9.15. The number of carbonyl (C=O) groups is 1. The van der Waals surface area contributed by atoms with Gasteiger partial charge in [-0.15, -0.1) is 0 Å². The lowest BCUT2D eigenvalue weighted by molar-refractivity contribution is -0.138. The van der Waals surface area contributed by atoms with Crippen LogP contribution in [0.4, 0.5) is 0 Å². The molecule has 1 aliphatic heterocycles. The maximum Gasteiger partial charge on any atom is 0.331 e. The van der Waals surface area contributed by atoms with Gasteiger partial charge in [0.05, 0.1) is 0 Å². The van der Waals surface area contributed by atoms with Crippen molar-refractivity contribution < 1.29 is 14.6 Å². The molecule has 0 bridgehead atoms. The number of rotatable bonds is 8. The summed E-state index contributed by atoms with van der Waals surface area (Å²) in [5.74, 6) is -0.206. The van der Waals surface area contributed by atoms with Crippen molar-refractivity contribution in [2.45, 2.75) is 51.0 Å². The predicted octanol–water partition coefficient (Wildman–Crippen LogP) is 2.19. The molecule has 0 amide bonds. The zero-order chi connectivity index (χ0) is 10.9. The second kappa shape index (κ2) is 7.46. The molecule has 1 aliphatic rings. The Kier molecular flexibility index (Phi) is 6.09. The Hall–Kier alpha value is -0.830. The lowest BCUT2D eigenvalue weighted by Gasteiger charge is -2.07. The van der Waals surface area contributed by atoms with E-state index < -0.39 is 0 Å². The molecule has 1 unspecified atom stereocenters. The molecule has 0 fully saturated rings. The third kappa shape index (κ3) is 5.57. The van der Waals surface area contributed by atoms with Gasteiger partial charge < -0.3 is 9.84 Å². The third-order valence-electron chi connectivity index (χ3n) is 2.61. The Labute approximate surface area is 91.1 Å². The van der Waals surface area contributed by atoms with Crippen molar-refractivity contribution in [2.75, 3.05) is 6.61 Å². The fraction of sp³-hybridized carbons (Fsp3) is 0.750. The topological polar surface area (TPSA) is 46.5 Å². The van der Waals surface area contributed by atoms with E-state index in [1.807, 2.05) is 6.08 Å². The van der Waals surface area contributed by atoms with Crippen LogP contribution in [0.1, 0.15) is 44.9 Å². The molecule has 0 aromatic carbocycles. The van der Waals surface area contributed by atoms with Crippen molar-refractivity contribution in [2.24, 2.45) is 0 Å². The highest BCUT2D eigenvalue weighted by Gasteiger charge is 2.15. The summed E-state index contributed by atoms with van der Waals surface area (Å²) >= 11 is 0. The number of ether oxygens (including phenoxy) is 1. The second-order valence-corrected chi connectivity index (χ2v) is 3.97. The summed E-state index contributed by atoms with van der Waals surface area (Å²) < 4.78 is 5.02. The van der Waals surface area contributed by atoms with Gasteiger partial charge in [-0.05, 0) is 25.3 Å². The van der Waals surface area contributed by atoms with Crippen LogP contribution in [0, 0.1) is 0 Å². The Bertz CT molecular complexity index is 211. The Morgan fingerprint density at radius 1 is 1.13 bits per heavy atom. The van der Waals surface area contributed by atoms with E-state index in [9.17, 15) is 4.79 Å². The molecule has 0 aromatic heterocycles. The molecule has 86 valence electrons. The summed E-state index contributed by atoms with van der Waals surface area (Å²) in [6.07, 6.45) is 11.1. The first-order valence-corrected chi connectivity index (χ1v) is 5.82. The minimum absolute atomic E-state index is 0.0231. The molecule has 3 heteroatoms. The highest BCUT2D eigenvalue weighted by Crippen LogP contribution is 2.14. The lowest BCUT2D eigenvalue weighted by atomic mass is 10.1. The van der Waals surface area contributed by atoms with Crippen molar-refractivity contribution in [3.63, 3.8) is 0 Å². The van der Waals surface area contributed by atoms with Crippen molar-refractivity contribution in [1.82, 2.24) is 0 Å². The average Bonchev–Trinajstić information content (AvgIpc) is 2.63. The Morgan fingerprint density at radius 3 is 2.40 bits per heavy atom. The Morgan fingerprint density at radius 2 is 1.80 bits per heavy atom. The van der Waals surface area contributed by atoms with Crippen molar-refractivity contribution >= 4 is 5.97 Å². The van der Waals surface area contributed by atoms with Gasteiger partial charge in [0, 0.05) is 12.7 Å². The molecule has 3 nitrogen and oxygen atoms in total. The van der Waals surface area contributed by atoms with Gasteiger partial charge in [-0.3, -0.25) is 0 Å². The summed E-state index contributed by atoms with van der Waals surface area (Å²) in [6.45, 7) is 0.308. The molecule has 1 heterocycles. The molecule has 0 spiro atoms. The largest absolute Gasteiger partial charge is 0.455 e. The highest BCUT2D eigenvalue weighted by molar-refractivity contribution is 5.84. The smallest absolute Gasteiger partial charge is 0.331 e. The average molecular weight is 212 g/mol. The molecule has 0 aromatic rings. The van der Waals surface area contributed by atoms with Crippen LogP contribution in [0.15, 0.2) is 12.2 Å². The summed E-state index contributed by atoms with van der Waals surface area (Å²) in [5.41, 5.74) is 0. The molecule has 1 rings (SSSR count). The number of carbonyl (C=O) groups excluding carboxylic acids is 1. The van der Waals surface area contributed by atoms with Gasteiger partial charge in [0.1, 0.15) is 6.10 Å². The molecule has 1 N–H and O–H groups in total. The van der Waals surface area contributed by atoms with E-state index in [1.165, 1.54) is 25.3 Å². The van der Waals surface area contributed by atoms with E-state index in [0.29, 0.717) is 6.61 Å². The third-order valence-corrected chi connectivity index (χ3v) is 2.61. The number of aliphatic hydroxyl groups is 1. The van der Waals surface area contributed by atoms with E-state index in [-0.39, 0.29) is 12.1 Å². The molecule has 0 radical (unpaired) electrons. The molecule has 0 saturated carbocycles.